The van der Waals surface area contributed by atoms with E-state index in [0.29, 0.717) is 91.6 Å². The summed E-state index contributed by atoms with van der Waals surface area (Å²) in [4.78, 5) is 89.9. The van der Waals surface area contributed by atoms with Gasteiger partial charge >= 0.3 is 23.9 Å². The van der Waals surface area contributed by atoms with Crippen LogP contribution in [0.5, 0.6) is 0 Å². The fourth-order valence-corrected chi connectivity index (χ4v) is 10.8. The molecule has 0 saturated heterocycles. The van der Waals surface area contributed by atoms with Crippen molar-refractivity contribution in [3.8, 4) is 0 Å². The van der Waals surface area contributed by atoms with Gasteiger partial charge < -0.3 is 38.5 Å². The third-order valence-corrected chi connectivity index (χ3v) is 17.1. The van der Waals surface area contributed by atoms with Crippen molar-refractivity contribution in [2.75, 3.05) is 133 Å². The second kappa shape index (κ2) is 63.8. The monoisotopic (exact) mass is 1250 g/mol. The summed E-state index contributed by atoms with van der Waals surface area (Å²) in [5, 5.41) is 0. The van der Waals surface area contributed by atoms with E-state index in [-0.39, 0.29) is 61.9 Å². The Balaban J connectivity index is 5.04. The van der Waals surface area contributed by atoms with E-state index < -0.39 is 0 Å². The van der Waals surface area contributed by atoms with Crippen LogP contribution in [-0.2, 0) is 47.7 Å². The number of nitrogens with zero attached hydrogens (tertiary/aromatic N) is 6. The lowest BCUT2D eigenvalue weighted by atomic mass is 10.1. The molecule has 0 aromatic rings. The predicted octanol–water partition coefficient (Wildman–Crippen LogP) is 15.0. The molecule has 0 unspecified atom stereocenters. The minimum absolute atomic E-state index is 0.0260. The highest BCUT2D eigenvalue weighted by molar-refractivity contribution is 5.77. The molecule has 16 nitrogen and oxygen atoms in total. The van der Waals surface area contributed by atoms with Crippen LogP contribution < -0.4 is 0 Å². The lowest BCUT2D eigenvalue weighted by Crippen LogP contribution is -2.42. The normalized spacial score (nSPS) is 11.5. The topological polar surface area (TPSA) is 159 Å². The van der Waals surface area contributed by atoms with Gasteiger partial charge in [0, 0.05) is 79.3 Å². The SMILES string of the molecule is CCCCCCCCCCCCOC(=O)CN(CCN(C)C(=O)CCN(C)CCN(C)CCC(=O)N(C)CCN(CC(=O)OCCCCCCCCCCCC)CC(=O)OCCCCCCCCCCCC)CC(=O)OCCCCCCCCCCCC. The molecule has 2 amide bonds. The molecule has 16 heteroatoms. The third-order valence-electron chi connectivity index (χ3n) is 17.1. The van der Waals surface area contributed by atoms with Crippen LogP contribution in [-0.4, -0.2) is 198 Å². The number of amides is 2. The van der Waals surface area contributed by atoms with Gasteiger partial charge in [-0.1, -0.05) is 259 Å². The quantitative estimate of drug-likeness (QED) is 0.0322. The van der Waals surface area contributed by atoms with E-state index in [9.17, 15) is 28.8 Å². The molecule has 0 aliphatic rings. The van der Waals surface area contributed by atoms with Gasteiger partial charge in [-0.05, 0) is 39.8 Å². The van der Waals surface area contributed by atoms with E-state index in [4.69, 9.17) is 18.9 Å². The van der Waals surface area contributed by atoms with Crippen LogP contribution in [0.15, 0.2) is 0 Å². The molecule has 0 radical (unpaired) electrons. The summed E-state index contributed by atoms with van der Waals surface area (Å²) < 4.78 is 22.5. The lowest BCUT2D eigenvalue weighted by molar-refractivity contribution is -0.150. The fourth-order valence-electron chi connectivity index (χ4n) is 10.8. The molecular formula is C72H140N6O10. The highest BCUT2D eigenvalue weighted by Crippen LogP contribution is 2.15. The average Bonchev–Trinajstić information content (AvgIpc) is 3.57. The summed E-state index contributed by atoms with van der Waals surface area (Å²) in [7, 11) is 7.49. The zero-order chi connectivity index (χ0) is 64.8. The van der Waals surface area contributed by atoms with Crippen molar-refractivity contribution in [2.45, 2.75) is 297 Å². The molecule has 0 aromatic carbocycles. The van der Waals surface area contributed by atoms with Gasteiger partial charge in [-0.25, -0.2) is 0 Å². The van der Waals surface area contributed by atoms with E-state index in [1.165, 1.54) is 180 Å². The van der Waals surface area contributed by atoms with Crippen LogP contribution in [0.25, 0.3) is 0 Å². The minimum atomic E-state index is -0.368. The van der Waals surface area contributed by atoms with Gasteiger partial charge in [0.05, 0.1) is 52.6 Å². The number of likely N-dealkylation sites (N-methyl/N-ethyl adjacent to an activating group) is 4. The summed E-state index contributed by atoms with van der Waals surface area (Å²) in [6, 6.07) is 0. The Morgan fingerprint density at radius 3 is 0.636 bits per heavy atom. The number of hydrogen-bond donors (Lipinski definition) is 0. The second-order valence-corrected chi connectivity index (χ2v) is 25.8. The van der Waals surface area contributed by atoms with Crippen molar-refractivity contribution in [1.29, 1.82) is 0 Å². The first kappa shape index (κ1) is 84.7. The Kier molecular flexibility index (Phi) is 61.4. The zero-order valence-electron chi connectivity index (χ0n) is 58.8. The molecule has 0 rings (SSSR count). The Bertz CT molecular complexity index is 1450. The third kappa shape index (κ3) is 57.8. The number of unbranched alkanes of at least 4 members (excludes halogenated alkanes) is 36. The molecule has 0 atom stereocenters. The largest absolute Gasteiger partial charge is 0.465 e. The summed E-state index contributed by atoms with van der Waals surface area (Å²) in [5.41, 5.74) is 0. The lowest BCUT2D eigenvalue weighted by Gasteiger charge is -2.26. The first-order valence-electron chi connectivity index (χ1n) is 36.7. The van der Waals surface area contributed by atoms with Crippen molar-refractivity contribution in [3.63, 3.8) is 0 Å². The number of carbonyl (C=O) groups is 6. The molecule has 88 heavy (non-hydrogen) atoms. The first-order chi connectivity index (χ1) is 42.8. The molecular weight excluding hydrogens is 1110 g/mol. The first-order valence-corrected chi connectivity index (χ1v) is 36.7. The maximum absolute atomic E-state index is 13.4. The summed E-state index contributed by atoms with van der Waals surface area (Å²) in [5.74, 6) is -1.53. The van der Waals surface area contributed by atoms with Crippen LogP contribution in [0.3, 0.4) is 0 Å². The van der Waals surface area contributed by atoms with Gasteiger partial charge in [-0.3, -0.25) is 38.6 Å². The Morgan fingerprint density at radius 2 is 0.432 bits per heavy atom. The highest BCUT2D eigenvalue weighted by atomic mass is 16.5. The van der Waals surface area contributed by atoms with Crippen molar-refractivity contribution >= 4 is 35.7 Å². The van der Waals surface area contributed by atoms with Gasteiger partial charge in [-0.2, -0.15) is 0 Å². The van der Waals surface area contributed by atoms with Crippen LogP contribution in [0, 0.1) is 0 Å². The van der Waals surface area contributed by atoms with E-state index in [2.05, 4.69) is 37.5 Å². The molecule has 0 heterocycles. The average molecular weight is 1250 g/mol. The number of carbonyl (C=O) groups excluding carboxylic acids is 6. The van der Waals surface area contributed by atoms with Crippen LogP contribution >= 0.6 is 0 Å². The fraction of sp³-hybridized carbons (Fsp3) is 0.917. The molecule has 518 valence electrons. The van der Waals surface area contributed by atoms with Crippen LogP contribution in [0.2, 0.25) is 0 Å². The Morgan fingerprint density at radius 1 is 0.239 bits per heavy atom. The maximum Gasteiger partial charge on any atom is 0.320 e. The smallest absolute Gasteiger partial charge is 0.320 e. The molecule has 0 aromatic heterocycles. The van der Waals surface area contributed by atoms with Gasteiger partial charge in [0.1, 0.15) is 0 Å². The standard InChI is InChI=1S/C72H140N6O10/c1-9-13-17-21-25-29-33-37-41-45-59-85-69(81)63-77(64-70(82)86-60-46-42-38-34-30-26-22-18-14-10-2)57-55-75(7)67(79)49-51-73(5)53-54-74(6)52-50-68(80)76(8)56-58-78(65-71(83)87-61-47-43-39-35-31-27-23-19-15-11-3)66-72(84)88-62-48-44-40-36-32-28-24-20-16-12-4/h9-66H2,1-8H3. The molecule has 0 N–H and O–H groups in total. The highest BCUT2D eigenvalue weighted by Gasteiger charge is 2.21. The minimum Gasteiger partial charge on any atom is -0.465 e. The maximum atomic E-state index is 13.4. The zero-order valence-corrected chi connectivity index (χ0v) is 58.8. The predicted molar refractivity (Wildman–Crippen MR) is 364 cm³/mol. The van der Waals surface area contributed by atoms with E-state index in [1.54, 1.807) is 33.7 Å². The number of esters is 4. The van der Waals surface area contributed by atoms with E-state index in [1.807, 2.05) is 14.1 Å². The Hall–Kier alpha value is -3.34. The Labute approximate surface area is 541 Å². The summed E-state index contributed by atoms with van der Waals surface area (Å²) >= 11 is 0. The van der Waals surface area contributed by atoms with Crippen molar-refractivity contribution in [2.24, 2.45) is 0 Å². The number of rotatable bonds is 67. The van der Waals surface area contributed by atoms with Crippen LogP contribution in [0.1, 0.15) is 297 Å². The molecule has 0 saturated carbocycles. The van der Waals surface area contributed by atoms with Crippen LogP contribution in [0.4, 0.5) is 0 Å². The second-order valence-electron chi connectivity index (χ2n) is 25.8. The molecule has 0 spiro atoms. The van der Waals surface area contributed by atoms with Gasteiger partial charge in [-0.15, -0.1) is 0 Å². The summed E-state index contributed by atoms with van der Waals surface area (Å²) in [6.45, 7) is 14.1. The van der Waals surface area contributed by atoms with Gasteiger partial charge in [0.25, 0.3) is 0 Å². The van der Waals surface area contributed by atoms with Crippen molar-refractivity contribution in [1.82, 2.24) is 29.4 Å². The van der Waals surface area contributed by atoms with Gasteiger partial charge in [0.2, 0.25) is 11.8 Å². The van der Waals surface area contributed by atoms with E-state index in [0.717, 1.165) is 77.0 Å². The number of ether oxygens (including phenoxy) is 4. The molecule has 0 aliphatic heterocycles. The van der Waals surface area contributed by atoms with Crippen molar-refractivity contribution in [3.05, 3.63) is 0 Å². The van der Waals surface area contributed by atoms with Gasteiger partial charge in [0.15, 0.2) is 0 Å². The molecule has 0 aliphatic carbocycles. The van der Waals surface area contributed by atoms with E-state index >= 15 is 0 Å². The van der Waals surface area contributed by atoms with Crippen molar-refractivity contribution < 1.29 is 47.7 Å². The molecule has 0 bridgehead atoms. The molecule has 0 fully saturated rings. The number of hydrogen-bond acceptors (Lipinski definition) is 14. The summed E-state index contributed by atoms with van der Waals surface area (Å²) in [6.07, 6.45) is 48.6.